The van der Waals surface area contributed by atoms with Crippen LogP contribution in [0.15, 0.2) is 0 Å². The molecule has 0 unspecified atom stereocenters. The summed E-state index contributed by atoms with van der Waals surface area (Å²) >= 11 is 0. The molecule has 4 nitrogen and oxygen atoms in total. The molecule has 5 heteroatoms. The van der Waals surface area contributed by atoms with Gasteiger partial charge in [-0.1, -0.05) is 13.8 Å². The van der Waals surface area contributed by atoms with Gasteiger partial charge in [-0.25, -0.2) is 8.42 Å². The van der Waals surface area contributed by atoms with Crippen molar-refractivity contribution in [2.75, 3.05) is 18.6 Å². The summed E-state index contributed by atoms with van der Waals surface area (Å²) in [4.78, 5) is 11.4. The van der Waals surface area contributed by atoms with E-state index in [4.69, 9.17) is 0 Å². The van der Waals surface area contributed by atoms with Crippen molar-refractivity contribution in [1.29, 1.82) is 0 Å². The van der Waals surface area contributed by atoms with Gasteiger partial charge in [0.05, 0.1) is 5.75 Å². The normalized spacial score (nSPS) is 17.2. The molecule has 0 heterocycles. The second-order valence-electron chi connectivity index (χ2n) is 5.66. The van der Waals surface area contributed by atoms with Crippen molar-refractivity contribution >= 4 is 15.7 Å². The topological polar surface area (TPSA) is 63.2 Å². The van der Waals surface area contributed by atoms with Crippen LogP contribution in [0.1, 0.15) is 33.1 Å². The Morgan fingerprint density at radius 2 is 1.94 bits per heavy atom. The van der Waals surface area contributed by atoms with Gasteiger partial charge in [-0.15, -0.1) is 0 Å². The summed E-state index contributed by atoms with van der Waals surface area (Å²) in [6.45, 7) is 4.13. The largest absolute Gasteiger partial charge is 0.356 e. The number of sulfone groups is 1. The predicted octanol–water partition coefficient (Wildman–Crippen LogP) is 0.974. The maximum atomic E-state index is 11.4. The zero-order chi connectivity index (χ0) is 12.4. The molecule has 1 amide bonds. The van der Waals surface area contributed by atoms with Crippen molar-refractivity contribution in [2.45, 2.75) is 33.1 Å². The average molecular weight is 247 g/mol. The van der Waals surface area contributed by atoms with Crippen LogP contribution in [-0.2, 0) is 14.6 Å². The Kier molecular flexibility index (Phi) is 3.99. The number of nitrogens with one attached hydrogen (secondary N) is 1. The van der Waals surface area contributed by atoms with Gasteiger partial charge in [-0.3, -0.25) is 4.79 Å². The van der Waals surface area contributed by atoms with E-state index in [1.165, 1.54) is 6.26 Å². The number of hydrogen-bond donors (Lipinski definition) is 1. The molecule has 0 spiro atoms. The summed E-state index contributed by atoms with van der Waals surface area (Å²) in [6.07, 6.45) is 4.12. The monoisotopic (exact) mass is 247 g/mol. The maximum absolute atomic E-state index is 11.4. The zero-order valence-electron chi connectivity index (χ0n) is 10.2. The highest BCUT2D eigenvalue weighted by atomic mass is 32.2. The van der Waals surface area contributed by atoms with Crippen molar-refractivity contribution in [3.63, 3.8) is 0 Å². The molecule has 1 aliphatic carbocycles. The van der Waals surface area contributed by atoms with Crippen LogP contribution in [-0.4, -0.2) is 32.9 Å². The molecule has 1 N–H and O–H groups in total. The lowest BCUT2D eigenvalue weighted by molar-refractivity contribution is -0.121. The molecule has 94 valence electrons. The molecule has 0 aliphatic heterocycles. The van der Waals surface area contributed by atoms with Crippen molar-refractivity contribution in [2.24, 2.45) is 11.3 Å². The third kappa shape index (κ3) is 6.10. The van der Waals surface area contributed by atoms with Gasteiger partial charge >= 0.3 is 0 Å². The van der Waals surface area contributed by atoms with E-state index >= 15 is 0 Å². The lowest BCUT2D eigenvalue weighted by Gasteiger charge is -2.23. The summed E-state index contributed by atoms with van der Waals surface area (Å²) in [5.41, 5.74) is -0.396. The molecule has 1 saturated carbocycles. The van der Waals surface area contributed by atoms with Crippen molar-refractivity contribution < 1.29 is 13.2 Å². The van der Waals surface area contributed by atoms with E-state index in [0.29, 0.717) is 18.9 Å². The summed E-state index contributed by atoms with van der Waals surface area (Å²) in [5.74, 6) is 0.714. The highest BCUT2D eigenvalue weighted by molar-refractivity contribution is 7.90. The van der Waals surface area contributed by atoms with Crippen molar-refractivity contribution in [3.05, 3.63) is 0 Å². The van der Waals surface area contributed by atoms with E-state index < -0.39 is 15.3 Å². The Balaban J connectivity index is 2.31. The Bertz CT molecular complexity index is 355. The van der Waals surface area contributed by atoms with Crippen LogP contribution in [0.4, 0.5) is 0 Å². The molecule has 0 aromatic heterocycles. The molecular weight excluding hydrogens is 226 g/mol. The van der Waals surface area contributed by atoms with E-state index in [1.54, 1.807) is 0 Å². The second-order valence-corrected chi connectivity index (χ2v) is 7.80. The number of hydrogen-bond acceptors (Lipinski definition) is 3. The molecule has 1 rings (SSSR count). The van der Waals surface area contributed by atoms with Crippen molar-refractivity contribution in [1.82, 2.24) is 5.32 Å². The molecule has 0 bridgehead atoms. The van der Waals surface area contributed by atoms with Crippen molar-refractivity contribution in [3.8, 4) is 0 Å². The Morgan fingerprint density at radius 1 is 1.38 bits per heavy atom. The van der Waals surface area contributed by atoms with E-state index in [0.717, 1.165) is 12.8 Å². The standard InChI is InChI=1S/C11H21NO3S/c1-11(2,8-16(3,14)15)7-12-10(13)6-9-4-5-9/h9H,4-8H2,1-3H3,(H,12,13). The van der Waals surface area contributed by atoms with Gasteiger partial charge in [0, 0.05) is 19.2 Å². The second kappa shape index (κ2) is 4.73. The molecule has 0 aromatic rings. The van der Waals surface area contributed by atoms with Gasteiger partial charge in [0.15, 0.2) is 0 Å². The van der Waals surface area contributed by atoms with Gasteiger partial charge < -0.3 is 5.32 Å². The molecule has 0 atom stereocenters. The Morgan fingerprint density at radius 3 is 2.38 bits per heavy atom. The van der Waals surface area contributed by atoms with Gasteiger partial charge in [-0.2, -0.15) is 0 Å². The minimum atomic E-state index is -2.99. The van der Waals surface area contributed by atoms with E-state index in [-0.39, 0.29) is 11.7 Å². The minimum Gasteiger partial charge on any atom is -0.356 e. The fourth-order valence-corrected chi connectivity index (χ4v) is 3.28. The molecular formula is C11H21NO3S. The Labute approximate surface area is 97.7 Å². The number of carbonyl (C=O) groups excluding carboxylic acids is 1. The molecule has 1 aliphatic rings. The van der Waals surface area contributed by atoms with Gasteiger partial charge in [0.25, 0.3) is 0 Å². The smallest absolute Gasteiger partial charge is 0.220 e. The van der Waals surface area contributed by atoms with E-state index in [9.17, 15) is 13.2 Å². The van der Waals surface area contributed by atoms with Gasteiger partial charge in [-0.05, 0) is 24.2 Å². The molecule has 0 radical (unpaired) electrons. The predicted molar refractivity (Wildman–Crippen MR) is 63.8 cm³/mol. The molecule has 1 fully saturated rings. The first-order valence-electron chi connectivity index (χ1n) is 5.62. The van der Waals surface area contributed by atoms with Gasteiger partial charge in [0.1, 0.15) is 9.84 Å². The van der Waals surface area contributed by atoms with Crippen LogP contribution in [0.2, 0.25) is 0 Å². The number of carbonyl (C=O) groups is 1. The third-order valence-corrected chi connectivity index (χ3v) is 3.89. The van der Waals surface area contributed by atoms with E-state index in [2.05, 4.69) is 5.32 Å². The van der Waals surface area contributed by atoms with Crippen LogP contribution in [0.3, 0.4) is 0 Å². The fourth-order valence-electron chi connectivity index (χ4n) is 1.75. The highest BCUT2D eigenvalue weighted by Crippen LogP contribution is 2.32. The highest BCUT2D eigenvalue weighted by Gasteiger charge is 2.27. The van der Waals surface area contributed by atoms with Crippen LogP contribution >= 0.6 is 0 Å². The van der Waals surface area contributed by atoms with E-state index in [1.807, 2.05) is 13.8 Å². The number of amides is 1. The van der Waals surface area contributed by atoms with Crippen LogP contribution in [0.25, 0.3) is 0 Å². The summed E-state index contributed by atoms with van der Waals surface area (Å²) < 4.78 is 22.3. The first-order chi connectivity index (χ1) is 7.18. The lowest BCUT2D eigenvalue weighted by atomic mass is 9.96. The quantitative estimate of drug-likeness (QED) is 0.761. The maximum Gasteiger partial charge on any atom is 0.220 e. The summed E-state index contributed by atoms with van der Waals surface area (Å²) in [5, 5.41) is 2.81. The summed E-state index contributed by atoms with van der Waals surface area (Å²) in [6, 6.07) is 0. The molecule has 16 heavy (non-hydrogen) atoms. The Hall–Kier alpha value is -0.580. The average Bonchev–Trinajstić information content (AvgIpc) is 2.80. The molecule has 0 saturated heterocycles. The third-order valence-electron chi connectivity index (χ3n) is 2.59. The molecule has 0 aromatic carbocycles. The first kappa shape index (κ1) is 13.5. The van der Waals surface area contributed by atoms with Crippen LogP contribution in [0, 0.1) is 11.3 Å². The fraction of sp³-hybridized carbons (Fsp3) is 0.909. The number of rotatable bonds is 6. The minimum absolute atomic E-state index is 0.0454. The lowest BCUT2D eigenvalue weighted by Crippen LogP contribution is -2.38. The van der Waals surface area contributed by atoms with Crippen LogP contribution < -0.4 is 5.32 Å². The first-order valence-corrected chi connectivity index (χ1v) is 7.68. The van der Waals surface area contributed by atoms with Crippen LogP contribution in [0.5, 0.6) is 0 Å². The SMILES string of the molecule is CC(C)(CNC(=O)CC1CC1)CS(C)(=O)=O. The van der Waals surface area contributed by atoms with Gasteiger partial charge in [0.2, 0.25) is 5.91 Å². The summed E-state index contributed by atoms with van der Waals surface area (Å²) in [7, 11) is -2.99. The zero-order valence-corrected chi connectivity index (χ0v) is 11.1.